The van der Waals surface area contributed by atoms with Crippen LogP contribution in [0.5, 0.6) is 0 Å². The molecule has 0 saturated carbocycles. The third-order valence-corrected chi connectivity index (χ3v) is 2.55. The predicted octanol–water partition coefficient (Wildman–Crippen LogP) is 0.229. The smallest absolute Gasteiger partial charge is 0.257 e. The normalized spacial score (nSPS) is 19.6. The minimum absolute atomic E-state index is 0.118. The molecule has 5 heteroatoms. The second-order valence-electron chi connectivity index (χ2n) is 3.80. The molecule has 5 nitrogen and oxygen atoms in total. The lowest BCUT2D eigenvalue weighted by atomic mass is 10.2. The summed E-state index contributed by atoms with van der Waals surface area (Å²) in [6.45, 7) is 1.28. The monoisotopic (exact) mass is 222 g/mol. The van der Waals surface area contributed by atoms with Crippen molar-refractivity contribution in [3.8, 4) is 0 Å². The molecule has 16 heavy (non-hydrogen) atoms. The summed E-state index contributed by atoms with van der Waals surface area (Å²) < 4.78 is 5.99. The van der Waals surface area contributed by atoms with Gasteiger partial charge in [-0.3, -0.25) is 4.79 Å². The molecule has 1 atom stereocenters. The van der Waals surface area contributed by atoms with E-state index in [2.05, 4.69) is 5.32 Å². The van der Waals surface area contributed by atoms with Crippen LogP contribution in [0.2, 0.25) is 0 Å². The van der Waals surface area contributed by atoms with Gasteiger partial charge in [-0.1, -0.05) is 0 Å². The lowest BCUT2D eigenvalue weighted by Gasteiger charge is -2.10. The predicted molar refractivity (Wildman–Crippen MR) is 56.7 cm³/mol. The fourth-order valence-electron chi connectivity index (χ4n) is 1.70. The van der Waals surface area contributed by atoms with Gasteiger partial charge in [0.2, 0.25) is 0 Å². The van der Waals surface area contributed by atoms with Gasteiger partial charge in [0.25, 0.3) is 5.91 Å². The van der Waals surface area contributed by atoms with Crippen molar-refractivity contribution < 1.29 is 14.3 Å². The van der Waals surface area contributed by atoms with Gasteiger partial charge in [-0.15, -0.1) is 0 Å². The molecule has 1 saturated heterocycles. The van der Waals surface area contributed by atoms with Crippen molar-refractivity contribution >= 4 is 5.91 Å². The van der Waals surface area contributed by atoms with Crippen LogP contribution < -0.4 is 10.0 Å². The first-order chi connectivity index (χ1) is 7.75. The third kappa shape index (κ3) is 2.70. The highest BCUT2D eigenvalue weighted by Gasteiger charge is 2.17. The van der Waals surface area contributed by atoms with Crippen LogP contribution in [0.25, 0.3) is 0 Å². The standard InChI is InChI=1S/C11H14N2O3/c14-11(9-3-1-5-13(15)8-9)12-7-10-4-2-6-16-10/h1,3,5,8,10H,2,4,6-7H2,(H,12,14). The number of carbonyl (C=O) groups is 1. The van der Waals surface area contributed by atoms with E-state index in [-0.39, 0.29) is 12.0 Å². The Bertz CT molecular complexity index is 375. The number of nitrogens with zero attached hydrogens (tertiary/aromatic N) is 1. The highest BCUT2D eigenvalue weighted by molar-refractivity contribution is 5.93. The quantitative estimate of drug-likeness (QED) is 0.588. The Hall–Kier alpha value is -1.62. The summed E-state index contributed by atoms with van der Waals surface area (Å²) in [7, 11) is 0. The van der Waals surface area contributed by atoms with Gasteiger partial charge in [0.15, 0.2) is 12.4 Å². The number of rotatable bonds is 3. The highest BCUT2D eigenvalue weighted by atomic mass is 16.5. The van der Waals surface area contributed by atoms with Crippen molar-refractivity contribution in [2.75, 3.05) is 13.2 Å². The van der Waals surface area contributed by atoms with Crippen molar-refractivity contribution in [1.82, 2.24) is 5.32 Å². The summed E-state index contributed by atoms with van der Waals surface area (Å²) in [6, 6.07) is 3.16. The molecule has 2 heterocycles. The summed E-state index contributed by atoms with van der Waals surface area (Å²) in [6.07, 6.45) is 4.75. The SMILES string of the molecule is O=C(NCC1CCCO1)c1ccc[n+]([O-])c1. The Morgan fingerprint density at radius 1 is 1.69 bits per heavy atom. The van der Waals surface area contributed by atoms with Crippen LogP contribution in [-0.4, -0.2) is 25.2 Å². The minimum atomic E-state index is -0.235. The van der Waals surface area contributed by atoms with E-state index in [4.69, 9.17) is 4.74 Å². The molecule has 1 aliphatic rings. The zero-order chi connectivity index (χ0) is 11.4. The van der Waals surface area contributed by atoms with Crippen molar-refractivity contribution in [3.05, 3.63) is 35.3 Å². The number of aromatic nitrogens is 1. The number of hydrogen-bond donors (Lipinski definition) is 1. The van der Waals surface area contributed by atoms with Crippen molar-refractivity contribution in [2.24, 2.45) is 0 Å². The Morgan fingerprint density at radius 2 is 2.56 bits per heavy atom. The van der Waals surface area contributed by atoms with Crippen LogP contribution >= 0.6 is 0 Å². The maximum atomic E-state index is 11.6. The average molecular weight is 222 g/mol. The Labute approximate surface area is 93.6 Å². The Kier molecular flexibility index (Phi) is 3.36. The molecular weight excluding hydrogens is 208 g/mol. The van der Waals surface area contributed by atoms with E-state index in [1.807, 2.05) is 0 Å². The fourth-order valence-corrected chi connectivity index (χ4v) is 1.70. The molecule has 1 aromatic rings. The number of amides is 1. The maximum absolute atomic E-state index is 11.6. The van der Waals surface area contributed by atoms with E-state index in [0.717, 1.165) is 19.4 Å². The summed E-state index contributed by atoms with van der Waals surface area (Å²) in [5.74, 6) is -0.235. The largest absolute Gasteiger partial charge is 0.619 e. The molecule has 0 radical (unpaired) electrons. The number of pyridine rings is 1. The first kappa shape index (κ1) is 10.9. The van der Waals surface area contributed by atoms with Gasteiger partial charge < -0.3 is 15.3 Å². The summed E-state index contributed by atoms with van der Waals surface area (Å²) in [4.78, 5) is 11.6. The van der Waals surface area contributed by atoms with E-state index in [1.165, 1.54) is 12.4 Å². The van der Waals surface area contributed by atoms with Crippen LogP contribution in [0.3, 0.4) is 0 Å². The van der Waals surface area contributed by atoms with Crippen LogP contribution in [0.15, 0.2) is 24.5 Å². The molecule has 1 amide bonds. The second kappa shape index (κ2) is 4.94. The summed E-state index contributed by atoms with van der Waals surface area (Å²) in [5.41, 5.74) is 0.371. The molecular formula is C11H14N2O3. The van der Waals surface area contributed by atoms with Crippen molar-refractivity contribution in [3.63, 3.8) is 0 Å². The molecule has 1 aromatic heterocycles. The lowest BCUT2D eigenvalue weighted by molar-refractivity contribution is -0.605. The van der Waals surface area contributed by atoms with Gasteiger partial charge in [-0.05, 0) is 18.9 Å². The molecule has 1 N–H and O–H groups in total. The molecule has 0 spiro atoms. The van der Waals surface area contributed by atoms with Gasteiger partial charge in [0, 0.05) is 19.2 Å². The van der Waals surface area contributed by atoms with Gasteiger partial charge in [0.05, 0.1) is 6.10 Å². The van der Waals surface area contributed by atoms with E-state index in [9.17, 15) is 10.0 Å². The van der Waals surface area contributed by atoms with E-state index >= 15 is 0 Å². The van der Waals surface area contributed by atoms with Gasteiger partial charge in [-0.25, -0.2) is 0 Å². The van der Waals surface area contributed by atoms with E-state index < -0.39 is 0 Å². The molecule has 0 bridgehead atoms. The first-order valence-corrected chi connectivity index (χ1v) is 5.34. The Morgan fingerprint density at radius 3 is 3.25 bits per heavy atom. The molecule has 2 rings (SSSR count). The zero-order valence-corrected chi connectivity index (χ0v) is 8.89. The molecule has 86 valence electrons. The minimum Gasteiger partial charge on any atom is -0.619 e. The zero-order valence-electron chi connectivity index (χ0n) is 8.89. The van der Waals surface area contributed by atoms with Gasteiger partial charge >= 0.3 is 0 Å². The molecule has 1 fully saturated rings. The maximum Gasteiger partial charge on any atom is 0.257 e. The van der Waals surface area contributed by atoms with Crippen LogP contribution in [-0.2, 0) is 4.74 Å². The average Bonchev–Trinajstić information content (AvgIpc) is 2.78. The van der Waals surface area contributed by atoms with Crippen LogP contribution in [0, 0.1) is 5.21 Å². The van der Waals surface area contributed by atoms with Crippen LogP contribution in [0.4, 0.5) is 0 Å². The number of nitrogens with one attached hydrogen (secondary N) is 1. The van der Waals surface area contributed by atoms with Gasteiger partial charge in [-0.2, -0.15) is 4.73 Å². The molecule has 1 aliphatic heterocycles. The lowest BCUT2D eigenvalue weighted by Crippen LogP contribution is -2.34. The van der Waals surface area contributed by atoms with Crippen molar-refractivity contribution in [1.29, 1.82) is 0 Å². The Balaban J connectivity index is 1.87. The fraction of sp³-hybridized carbons (Fsp3) is 0.455. The summed E-state index contributed by atoms with van der Waals surface area (Å²) in [5, 5.41) is 13.7. The van der Waals surface area contributed by atoms with Crippen molar-refractivity contribution in [2.45, 2.75) is 18.9 Å². The number of ether oxygens (including phenoxy) is 1. The highest BCUT2D eigenvalue weighted by Crippen LogP contribution is 2.10. The van der Waals surface area contributed by atoms with E-state index in [1.54, 1.807) is 12.1 Å². The van der Waals surface area contributed by atoms with Gasteiger partial charge in [0.1, 0.15) is 5.56 Å². The molecule has 0 aromatic carbocycles. The second-order valence-corrected chi connectivity index (χ2v) is 3.80. The third-order valence-electron chi connectivity index (χ3n) is 2.55. The topological polar surface area (TPSA) is 65.3 Å². The molecule has 0 aliphatic carbocycles. The number of carbonyl (C=O) groups excluding carboxylic acids is 1. The summed E-state index contributed by atoms with van der Waals surface area (Å²) >= 11 is 0. The molecule has 1 unspecified atom stereocenters. The van der Waals surface area contributed by atoms with Crippen LogP contribution in [0.1, 0.15) is 23.2 Å². The first-order valence-electron chi connectivity index (χ1n) is 5.34. The van der Waals surface area contributed by atoms with E-state index in [0.29, 0.717) is 16.8 Å². The number of hydrogen-bond acceptors (Lipinski definition) is 3.